The van der Waals surface area contributed by atoms with Gasteiger partial charge in [0.1, 0.15) is 0 Å². The summed E-state index contributed by atoms with van der Waals surface area (Å²) in [6, 6.07) is 16.2. The summed E-state index contributed by atoms with van der Waals surface area (Å²) in [5.41, 5.74) is 3.79. The van der Waals surface area contributed by atoms with Crippen LogP contribution in [0, 0.1) is 6.92 Å². The molecule has 2 amide bonds. The van der Waals surface area contributed by atoms with Gasteiger partial charge in [0.15, 0.2) is 5.76 Å². The minimum atomic E-state index is -0.355. The summed E-state index contributed by atoms with van der Waals surface area (Å²) < 4.78 is 5.09. The SMILES string of the molecule is CCc1cccc(NC(=O)c2ccc(C)c(NC(=O)c3ccco3)c2)c1. The van der Waals surface area contributed by atoms with Crippen molar-refractivity contribution in [3.8, 4) is 0 Å². The van der Waals surface area contributed by atoms with Crippen molar-refractivity contribution >= 4 is 23.2 Å². The van der Waals surface area contributed by atoms with Gasteiger partial charge < -0.3 is 15.1 Å². The molecule has 0 fully saturated rings. The number of carbonyl (C=O) groups is 2. The molecule has 0 bridgehead atoms. The molecule has 0 aliphatic heterocycles. The number of hydrogen-bond acceptors (Lipinski definition) is 3. The molecule has 1 heterocycles. The molecule has 2 N–H and O–H groups in total. The highest BCUT2D eigenvalue weighted by molar-refractivity contribution is 6.07. The van der Waals surface area contributed by atoms with Gasteiger partial charge in [-0.25, -0.2) is 0 Å². The Morgan fingerprint density at radius 1 is 0.962 bits per heavy atom. The van der Waals surface area contributed by atoms with Crippen LogP contribution in [0.5, 0.6) is 0 Å². The number of hydrogen-bond donors (Lipinski definition) is 2. The van der Waals surface area contributed by atoms with Gasteiger partial charge in [-0.15, -0.1) is 0 Å². The van der Waals surface area contributed by atoms with E-state index in [1.807, 2.05) is 31.2 Å². The Kier molecular flexibility index (Phi) is 5.17. The van der Waals surface area contributed by atoms with E-state index in [1.54, 1.807) is 30.3 Å². The highest BCUT2D eigenvalue weighted by Gasteiger charge is 2.13. The van der Waals surface area contributed by atoms with E-state index in [0.29, 0.717) is 11.3 Å². The minimum absolute atomic E-state index is 0.218. The Morgan fingerprint density at radius 2 is 1.81 bits per heavy atom. The molecule has 132 valence electrons. The third kappa shape index (κ3) is 4.00. The second-order valence-electron chi connectivity index (χ2n) is 5.97. The number of carbonyl (C=O) groups excluding carboxylic acids is 2. The van der Waals surface area contributed by atoms with Crippen molar-refractivity contribution in [1.29, 1.82) is 0 Å². The van der Waals surface area contributed by atoms with Crippen molar-refractivity contribution in [2.24, 2.45) is 0 Å². The average Bonchev–Trinajstić information content (AvgIpc) is 3.18. The van der Waals surface area contributed by atoms with Gasteiger partial charge >= 0.3 is 0 Å². The molecule has 0 atom stereocenters. The largest absolute Gasteiger partial charge is 0.459 e. The van der Waals surface area contributed by atoms with Crippen LogP contribution in [0.1, 0.15) is 39.0 Å². The lowest BCUT2D eigenvalue weighted by atomic mass is 10.1. The number of benzene rings is 2. The van der Waals surface area contributed by atoms with Gasteiger partial charge in [-0.05, 0) is 60.9 Å². The maximum Gasteiger partial charge on any atom is 0.291 e. The van der Waals surface area contributed by atoms with Crippen molar-refractivity contribution < 1.29 is 14.0 Å². The van der Waals surface area contributed by atoms with Gasteiger partial charge in [-0.2, -0.15) is 0 Å². The number of nitrogens with one attached hydrogen (secondary N) is 2. The van der Waals surface area contributed by atoms with Crippen LogP contribution in [-0.4, -0.2) is 11.8 Å². The fourth-order valence-corrected chi connectivity index (χ4v) is 2.56. The summed E-state index contributed by atoms with van der Waals surface area (Å²) in [7, 11) is 0. The molecule has 0 aliphatic rings. The van der Waals surface area contributed by atoms with E-state index >= 15 is 0 Å². The number of aryl methyl sites for hydroxylation is 2. The fraction of sp³-hybridized carbons (Fsp3) is 0.143. The third-order valence-corrected chi connectivity index (χ3v) is 4.09. The van der Waals surface area contributed by atoms with Crippen molar-refractivity contribution in [3.63, 3.8) is 0 Å². The van der Waals surface area contributed by atoms with Gasteiger partial charge in [0.25, 0.3) is 11.8 Å². The average molecular weight is 348 g/mol. The zero-order valence-corrected chi connectivity index (χ0v) is 14.7. The van der Waals surface area contributed by atoms with Gasteiger partial charge in [0, 0.05) is 16.9 Å². The van der Waals surface area contributed by atoms with E-state index in [2.05, 4.69) is 17.6 Å². The van der Waals surface area contributed by atoms with Gasteiger partial charge in [0.2, 0.25) is 0 Å². The molecule has 5 nitrogen and oxygen atoms in total. The normalized spacial score (nSPS) is 10.4. The van der Waals surface area contributed by atoms with Crippen molar-refractivity contribution in [2.45, 2.75) is 20.3 Å². The van der Waals surface area contributed by atoms with E-state index in [-0.39, 0.29) is 17.6 Å². The summed E-state index contributed by atoms with van der Waals surface area (Å²) in [5, 5.41) is 5.67. The molecule has 3 rings (SSSR count). The highest BCUT2D eigenvalue weighted by Crippen LogP contribution is 2.20. The van der Waals surface area contributed by atoms with Crippen LogP contribution in [0.3, 0.4) is 0 Å². The molecule has 0 saturated heterocycles. The third-order valence-electron chi connectivity index (χ3n) is 4.09. The zero-order valence-electron chi connectivity index (χ0n) is 14.7. The van der Waals surface area contributed by atoms with Crippen molar-refractivity contribution in [3.05, 3.63) is 83.3 Å². The second-order valence-corrected chi connectivity index (χ2v) is 5.97. The Bertz CT molecular complexity index is 930. The molecule has 0 spiro atoms. The Balaban J connectivity index is 1.77. The van der Waals surface area contributed by atoms with E-state index in [4.69, 9.17) is 4.42 Å². The number of amides is 2. The molecule has 0 aliphatic carbocycles. The van der Waals surface area contributed by atoms with Crippen molar-refractivity contribution in [1.82, 2.24) is 0 Å². The zero-order chi connectivity index (χ0) is 18.5. The van der Waals surface area contributed by atoms with Crippen LogP contribution in [0.2, 0.25) is 0 Å². The fourth-order valence-electron chi connectivity index (χ4n) is 2.56. The van der Waals surface area contributed by atoms with Crippen LogP contribution >= 0.6 is 0 Å². The number of anilines is 2. The first kappa shape index (κ1) is 17.5. The summed E-state index contributed by atoms with van der Waals surface area (Å²) in [6.07, 6.45) is 2.34. The van der Waals surface area contributed by atoms with Crippen molar-refractivity contribution in [2.75, 3.05) is 10.6 Å². The van der Waals surface area contributed by atoms with E-state index in [9.17, 15) is 9.59 Å². The first-order valence-electron chi connectivity index (χ1n) is 8.42. The molecule has 5 heteroatoms. The quantitative estimate of drug-likeness (QED) is 0.705. The molecule has 1 aromatic heterocycles. The predicted molar refractivity (Wildman–Crippen MR) is 102 cm³/mol. The Morgan fingerprint density at radius 3 is 2.54 bits per heavy atom. The van der Waals surface area contributed by atoms with E-state index in [1.165, 1.54) is 6.26 Å². The second kappa shape index (κ2) is 7.70. The molecule has 0 saturated carbocycles. The van der Waals surface area contributed by atoms with Gasteiger partial charge in [-0.1, -0.05) is 25.1 Å². The molecule has 2 aromatic carbocycles. The lowest BCUT2D eigenvalue weighted by Gasteiger charge is -2.11. The maximum atomic E-state index is 12.5. The van der Waals surface area contributed by atoms with Crippen LogP contribution < -0.4 is 10.6 Å². The van der Waals surface area contributed by atoms with Gasteiger partial charge in [0.05, 0.1) is 6.26 Å². The van der Waals surface area contributed by atoms with Crippen LogP contribution in [0.15, 0.2) is 65.3 Å². The lowest BCUT2D eigenvalue weighted by molar-refractivity contribution is 0.0993. The standard InChI is InChI=1S/C21H20N2O3/c1-3-15-6-4-7-17(12-15)22-20(24)16-10-9-14(2)18(13-16)23-21(25)19-8-5-11-26-19/h4-13H,3H2,1-2H3,(H,22,24)(H,23,25). The smallest absolute Gasteiger partial charge is 0.291 e. The monoisotopic (exact) mass is 348 g/mol. The summed E-state index contributed by atoms with van der Waals surface area (Å²) >= 11 is 0. The molecule has 0 unspecified atom stereocenters. The van der Waals surface area contributed by atoms with E-state index < -0.39 is 0 Å². The Hall–Kier alpha value is -3.34. The first-order chi connectivity index (χ1) is 12.6. The van der Waals surface area contributed by atoms with Crippen LogP contribution in [0.25, 0.3) is 0 Å². The summed E-state index contributed by atoms with van der Waals surface area (Å²) in [5.74, 6) is -0.367. The lowest BCUT2D eigenvalue weighted by Crippen LogP contribution is -2.15. The van der Waals surface area contributed by atoms with Crippen LogP contribution in [0.4, 0.5) is 11.4 Å². The molecule has 0 radical (unpaired) electrons. The summed E-state index contributed by atoms with van der Waals surface area (Å²) in [6.45, 7) is 3.93. The summed E-state index contributed by atoms with van der Waals surface area (Å²) in [4.78, 5) is 24.7. The molecular formula is C21H20N2O3. The Labute approximate surface area is 152 Å². The maximum absolute atomic E-state index is 12.5. The molecule has 26 heavy (non-hydrogen) atoms. The van der Waals surface area contributed by atoms with Gasteiger partial charge in [-0.3, -0.25) is 9.59 Å². The molecular weight excluding hydrogens is 328 g/mol. The van der Waals surface area contributed by atoms with Crippen LogP contribution in [-0.2, 0) is 6.42 Å². The minimum Gasteiger partial charge on any atom is -0.459 e. The highest BCUT2D eigenvalue weighted by atomic mass is 16.3. The molecule has 3 aromatic rings. The topological polar surface area (TPSA) is 71.3 Å². The number of rotatable bonds is 5. The van der Waals surface area contributed by atoms with E-state index in [0.717, 1.165) is 23.2 Å². The number of furan rings is 1. The first-order valence-corrected chi connectivity index (χ1v) is 8.42. The predicted octanol–water partition coefficient (Wildman–Crippen LogP) is 4.66.